The number of carbonyl (C=O) groups excluding carboxylic acids is 1. The molecule has 6 nitrogen and oxygen atoms in total. The van der Waals surface area contributed by atoms with Crippen LogP contribution in [0, 0.1) is 5.82 Å². The Kier molecular flexibility index (Phi) is 7.73. The number of nitrogens with zero attached hydrogens (tertiary/aromatic N) is 4. The monoisotopic (exact) mass is 545 g/mol. The Labute approximate surface area is 222 Å². The summed E-state index contributed by atoms with van der Waals surface area (Å²) in [4.78, 5) is 16.6. The van der Waals surface area contributed by atoms with Gasteiger partial charge in [0.15, 0.2) is 5.82 Å². The van der Waals surface area contributed by atoms with Crippen molar-refractivity contribution >= 4 is 40.7 Å². The van der Waals surface area contributed by atoms with Gasteiger partial charge in [0.1, 0.15) is 11.5 Å². The molecule has 11 heteroatoms. The van der Waals surface area contributed by atoms with Gasteiger partial charge in [0.25, 0.3) is 0 Å². The highest BCUT2D eigenvalue weighted by Gasteiger charge is 2.31. The summed E-state index contributed by atoms with van der Waals surface area (Å²) in [6, 6.07) is 17.6. The van der Waals surface area contributed by atoms with Crippen molar-refractivity contribution in [1.29, 1.82) is 0 Å². The van der Waals surface area contributed by atoms with E-state index in [0.29, 0.717) is 36.8 Å². The van der Waals surface area contributed by atoms with Crippen molar-refractivity contribution in [3.05, 3.63) is 84.2 Å². The first-order chi connectivity index (χ1) is 17.7. The zero-order chi connectivity index (χ0) is 26.2. The first-order valence-electron chi connectivity index (χ1n) is 11.7. The number of hydrogen-bond acceptors (Lipinski definition) is 4. The first-order valence-corrected chi connectivity index (χ1v) is 11.7. The molecule has 0 radical (unpaired) electrons. The third kappa shape index (κ3) is 5.50. The molecule has 38 heavy (non-hydrogen) atoms. The predicted octanol–water partition coefficient (Wildman–Crippen LogP) is 6.62. The van der Waals surface area contributed by atoms with Crippen LogP contribution in [0.3, 0.4) is 0 Å². The van der Waals surface area contributed by atoms with Crippen molar-refractivity contribution in [3.8, 4) is 11.3 Å². The fourth-order valence-electron chi connectivity index (χ4n) is 4.53. The fourth-order valence-corrected chi connectivity index (χ4v) is 4.53. The Hall–Kier alpha value is -3.92. The molecule has 2 heterocycles. The van der Waals surface area contributed by atoms with E-state index in [9.17, 15) is 22.4 Å². The average Bonchev–Trinajstić information content (AvgIpc) is 2.88. The third-order valence-electron chi connectivity index (χ3n) is 6.44. The third-order valence-corrected chi connectivity index (χ3v) is 6.44. The van der Waals surface area contributed by atoms with Crippen LogP contribution in [0.4, 0.5) is 33.9 Å². The van der Waals surface area contributed by atoms with Crippen molar-refractivity contribution in [2.45, 2.75) is 19.1 Å². The largest absolute Gasteiger partial charge is 0.416 e. The lowest BCUT2D eigenvalue weighted by Crippen LogP contribution is -2.55. The van der Waals surface area contributed by atoms with E-state index in [-0.39, 0.29) is 30.3 Å². The molecule has 0 saturated carbocycles. The number of hydrogen-bond donors (Lipinski definition) is 1. The number of halogens is 5. The van der Waals surface area contributed by atoms with Gasteiger partial charge in [-0.05, 0) is 55.5 Å². The Morgan fingerprint density at radius 2 is 1.58 bits per heavy atom. The van der Waals surface area contributed by atoms with Crippen molar-refractivity contribution in [2.75, 3.05) is 29.9 Å². The van der Waals surface area contributed by atoms with E-state index < -0.39 is 11.7 Å². The van der Waals surface area contributed by atoms with Crippen molar-refractivity contribution in [1.82, 2.24) is 15.1 Å². The topological polar surface area (TPSA) is 61.4 Å². The van der Waals surface area contributed by atoms with Gasteiger partial charge in [-0.25, -0.2) is 9.18 Å². The molecular weight excluding hydrogens is 522 g/mol. The van der Waals surface area contributed by atoms with Gasteiger partial charge in [-0.1, -0.05) is 24.3 Å². The molecule has 198 valence electrons. The van der Waals surface area contributed by atoms with Crippen LogP contribution < -0.4 is 10.2 Å². The van der Waals surface area contributed by atoms with Crippen molar-refractivity contribution < 1.29 is 22.4 Å². The standard InChI is InChI=1S/C27H23F4N5O.ClH/c1-17-16-35(14-15-36(17)26(37)32-21-12-8-19(9-13-21)27(29,30)31)25-23-5-3-2-4-22(23)24(33-34-25)18-6-10-20(28)11-7-18;/h2-13,17H,14-16H2,1H3,(H,32,37);1H. The van der Waals surface area contributed by atoms with Gasteiger partial charge in [0, 0.05) is 47.7 Å². The summed E-state index contributed by atoms with van der Waals surface area (Å²) < 4.78 is 51.8. The molecule has 0 bridgehead atoms. The Morgan fingerprint density at radius 3 is 2.21 bits per heavy atom. The molecule has 1 saturated heterocycles. The maximum Gasteiger partial charge on any atom is 0.416 e. The van der Waals surface area contributed by atoms with Crippen LogP contribution in [-0.4, -0.2) is 46.8 Å². The summed E-state index contributed by atoms with van der Waals surface area (Å²) in [5.41, 5.74) is 0.934. The molecule has 1 N–H and O–H groups in total. The lowest BCUT2D eigenvalue weighted by Gasteiger charge is -2.40. The number of piperazine rings is 1. The Bertz CT molecular complexity index is 1430. The van der Waals surface area contributed by atoms with Gasteiger partial charge in [0.05, 0.1) is 5.56 Å². The van der Waals surface area contributed by atoms with Crippen LogP contribution in [-0.2, 0) is 6.18 Å². The highest BCUT2D eigenvalue weighted by Crippen LogP contribution is 2.33. The zero-order valence-corrected chi connectivity index (χ0v) is 21.1. The summed E-state index contributed by atoms with van der Waals surface area (Å²) in [6.07, 6.45) is -4.43. The number of urea groups is 1. The zero-order valence-electron chi connectivity index (χ0n) is 20.2. The number of fused-ring (bicyclic) bond motifs is 1. The molecular formula is C27H24ClF4N5O. The van der Waals surface area contributed by atoms with Crippen LogP contribution in [0.1, 0.15) is 12.5 Å². The molecule has 0 aliphatic carbocycles. The average molecular weight is 546 g/mol. The molecule has 0 spiro atoms. The van der Waals surface area contributed by atoms with E-state index in [1.165, 1.54) is 24.3 Å². The van der Waals surface area contributed by atoms with Gasteiger partial charge in [-0.2, -0.15) is 13.2 Å². The highest BCUT2D eigenvalue weighted by atomic mass is 35.5. The van der Waals surface area contributed by atoms with Crippen molar-refractivity contribution in [3.63, 3.8) is 0 Å². The van der Waals surface area contributed by atoms with Crippen LogP contribution in [0.5, 0.6) is 0 Å². The number of amides is 2. The predicted molar refractivity (Wildman–Crippen MR) is 141 cm³/mol. The minimum Gasteiger partial charge on any atom is -0.351 e. The quantitative estimate of drug-likeness (QED) is 0.294. The molecule has 1 fully saturated rings. The lowest BCUT2D eigenvalue weighted by molar-refractivity contribution is -0.137. The smallest absolute Gasteiger partial charge is 0.351 e. The number of benzene rings is 3. The van der Waals surface area contributed by atoms with E-state index in [4.69, 9.17) is 0 Å². The molecule has 1 aliphatic rings. The minimum absolute atomic E-state index is 0. The molecule has 1 aromatic heterocycles. The summed E-state index contributed by atoms with van der Waals surface area (Å²) in [5.74, 6) is 0.364. The summed E-state index contributed by atoms with van der Waals surface area (Å²) in [6.45, 7) is 3.29. The van der Waals surface area contributed by atoms with E-state index in [1.807, 2.05) is 31.2 Å². The van der Waals surface area contributed by atoms with Crippen molar-refractivity contribution in [2.24, 2.45) is 0 Å². The molecule has 2 amide bonds. The van der Waals surface area contributed by atoms with E-state index in [1.54, 1.807) is 17.0 Å². The van der Waals surface area contributed by atoms with Gasteiger partial charge in [-0.15, -0.1) is 22.6 Å². The maximum atomic E-state index is 13.4. The number of anilines is 2. The number of aromatic nitrogens is 2. The molecule has 1 atom stereocenters. The van der Waals surface area contributed by atoms with E-state index in [2.05, 4.69) is 20.4 Å². The van der Waals surface area contributed by atoms with Crippen LogP contribution in [0.2, 0.25) is 0 Å². The first kappa shape index (κ1) is 27.1. The second kappa shape index (κ2) is 10.8. The molecule has 4 aromatic rings. The molecule has 1 unspecified atom stereocenters. The Balaban J connectivity index is 0.00000336. The van der Waals surface area contributed by atoms with Gasteiger partial charge < -0.3 is 15.1 Å². The SMILES string of the molecule is CC1CN(c2nnc(-c3ccc(F)cc3)c3ccccc23)CCN1C(=O)Nc1ccc(C(F)(F)F)cc1.Cl. The molecule has 1 aliphatic heterocycles. The molecule has 3 aromatic carbocycles. The van der Waals surface area contributed by atoms with Crippen LogP contribution in [0.15, 0.2) is 72.8 Å². The highest BCUT2D eigenvalue weighted by molar-refractivity contribution is 6.00. The van der Waals surface area contributed by atoms with Crippen LogP contribution >= 0.6 is 12.4 Å². The second-order valence-electron chi connectivity index (χ2n) is 8.92. The molecule has 5 rings (SSSR count). The van der Waals surface area contributed by atoms with Gasteiger partial charge in [0.2, 0.25) is 0 Å². The second-order valence-corrected chi connectivity index (χ2v) is 8.92. The number of carbonyl (C=O) groups is 1. The Morgan fingerprint density at radius 1 is 0.921 bits per heavy atom. The normalized spacial score (nSPS) is 15.8. The lowest BCUT2D eigenvalue weighted by atomic mass is 10.0. The van der Waals surface area contributed by atoms with E-state index in [0.717, 1.165) is 28.5 Å². The maximum absolute atomic E-state index is 13.4. The van der Waals surface area contributed by atoms with Gasteiger partial charge >= 0.3 is 12.2 Å². The minimum atomic E-state index is -4.43. The number of nitrogens with one attached hydrogen (secondary N) is 1. The van der Waals surface area contributed by atoms with Gasteiger partial charge in [-0.3, -0.25) is 0 Å². The number of alkyl halides is 3. The summed E-state index contributed by atoms with van der Waals surface area (Å²) in [5, 5.41) is 13.4. The van der Waals surface area contributed by atoms with E-state index >= 15 is 0 Å². The fraction of sp³-hybridized carbons (Fsp3) is 0.222. The number of rotatable bonds is 3. The van der Waals surface area contributed by atoms with Crippen LogP contribution in [0.25, 0.3) is 22.0 Å². The summed E-state index contributed by atoms with van der Waals surface area (Å²) >= 11 is 0. The summed E-state index contributed by atoms with van der Waals surface area (Å²) in [7, 11) is 0.